The molecule has 0 radical (unpaired) electrons. The minimum Gasteiger partial charge on any atom is -0.497 e. The first kappa shape index (κ1) is 14.1. The zero-order chi connectivity index (χ0) is 14.6. The van der Waals surface area contributed by atoms with Gasteiger partial charge in [0.05, 0.1) is 12.0 Å². The van der Waals surface area contributed by atoms with E-state index >= 15 is 0 Å². The van der Waals surface area contributed by atoms with E-state index in [-0.39, 0.29) is 10.5 Å². The van der Waals surface area contributed by atoms with Gasteiger partial charge < -0.3 is 4.74 Å². The van der Waals surface area contributed by atoms with E-state index in [2.05, 4.69) is 0 Å². The van der Waals surface area contributed by atoms with Crippen molar-refractivity contribution in [3.05, 3.63) is 60.2 Å². The molecule has 1 N–H and O–H groups in total. The summed E-state index contributed by atoms with van der Waals surface area (Å²) < 4.78 is 31.0. The molecular weight excluding hydrogens is 278 g/mol. The lowest BCUT2D eigenvalue weighted by Crippen LogP contribution is -2.30. The van der Waals surface area contributed by atoms with E-state index in [1.54, 1.807) is 30.3 Å². The van der Waals surface area contributed by atoms with Gasteiger partial charge in [-0.25, -0.2) is 13.1 Å². The van der Waals surface area contributed by atoms with Crippen molar-refractivity contribution in [2.45, 2.75) is 4.90 Å². The van der Waals surface area contributed by atoms with E-state index in [4.69, 9.17) is 4.74 Å². The Morgan fingerprint density at radius 2 is 1.60 bits per heavy atom. The van der Waals surface area contributed by atoms with Crippen LogP contribution in [0, 0.1) is 0 Å². The molecule has 0 unspecified atom stereocenters. The van der Waals surface area contributed by atoms with E-state index in [9.17, 15) is 13.2 Å². The van der Waals surface area contributed by atoms with E-state index in [0.29, 0.717) is 5.75 Å². The number of ether oxygens (including phenoxy) is 1. The quantitative estimate of drug-likeness (QED) is 0.932. The number of nitrogens with one attached hydrogen (secondary N) is 1. The molecule has 0 spiro atoms. The molecule has 20 heavy (non-hydrogen) atoms. The second kappa shape index (κ2) is 5.75. The highest BCUT2D eigenvalue weighted by molar-refractivity contribution is 7.90. The molecule has 0 aliphatic carbocycles. The number of benzene rings is 2. The molecule has 1 amide bonds. The predicted octanol–water partition coefficient (Wildman–Crippen LogP) is 1.81. The molecule has 0 saturated heterocycles. The van der Waals surface area contributed by atoms with Crippen molar-refractivity contribution >= 4 is 15.9 Å². The van der Waals surface area contributed by atoms with Gasteiger partial charge in [0.15, 0.2) is 0 Å². The molecule has 0 heterocycles. The van der Waals surface area contributed by atoms with Crippen molar-refractivity contribution in [2.24, 2.45) is 0 Å². The smallest absolute Gasteiger partial charge is 0.265 e. The highest BCUT2D eigenvalue weighted by Gasteiger charge is 2.18. The van der Waals surface area contributed by atoms with Crippen molar-refractivity contribution in [1.82, 2.24) is 4.72 Å². The number of rotatable bonds is 4. The van der Waals surface area contributed by atoms with Gasteiger partial charge in [-0.2, -0.15) is 0 Å². The third-order valence-corrected chi connectivity index (χ3v) is 3.98. The summed E-state index contributed by atoms with van der Waals surface area (Å²) in [6.45, 7) is 0. The van der Waals surface area contributed by atoms with Crippen LogP contribution >= 0.6 is 0 Å². The Labute approximate surface area is 117 Å². The van der Waals surface area contributed by atoms with Gasteiger partial charge in [0.2, 0.25) is 0 Å². The summed E-state index contributed by atoms with van der Waals surface area (Å²) >= 11 is 0. The molecule has 2 aromatic rings. The van der Waals surface area contributed by atoms with E-state index < -0.39 is 15.9 Å². The van der Waals surface area contributed by atoms with Gasteiger partial charge in [-0.05, 0) is 36.4 Å². The summed E-state index contributed by atoms with van der Waals surface area (Å²) in [7, 11) is -2.35. The molecule has 5 nitrogen and oxygen atoms in total. The van der Waals surface area contributed by atoms with Gasteiger partial charge in [0, 0.05) is 5.56 Å². The molecule has 104 valence electrons. The molecule has 2 aromatic carbocycles. The number of methoxy groups -OCH3 is 1. The number of carbonyl (C=O) groups excluding carboxylic acids is 1. The average molecular weight is 291 g/mol. The Hall–Kier alpha value is -2.34. The van der Waals surface area contributed by atoms with Crippen molar-refractivity contribution in [3.63, 3.8) is 0 Å². The van der Waals surface area contributed by atoms with Gasteiger partial charge in [0.25, 0.3) is 15.9 Å². The molecule has 2 rings (SSSR count). The third-order valence-electron chi connectivity index (χ3n) is 2.63. The summed E-state index contributed by atoms with van der Waals surface area (Å²) in [4.78, 5) is 11.9. The Kier molecular flexibility index (Phi) is 4.05. The van der Waals surface area contributed by atoms with Gasteiger partial charge in [-0.15, -0.1) is 0 Å². The van der Waals surface area contributed by atoms with Crippen LogP contribution in [0.25, 0.3) is 0 Å². The fourth-order valence-corrected chi connectivity index (χ4v) is 2.58. The number of hydrogen-bond acceptors (Lipinski definition) is 4. The lowest BCUT2D eigenvalue weighted by Gasteiger charge is -2.07. The Morgan fingerprint density at radius 3 is 2.15 bits per heavy atom. The van der Waals surface area contributed by atoms with Crippen LogP contribution in [0.3, 0.4) is 0 Å². The summed E-state index contributed by atoms with van der Waals surface area (Å²) in [5.74, 6) is -0.0935. The largest absolute Gasteiger partial charge is 0.497 e. The summed E-state index contributed by atoms with van der Waals surface area (Å²) in [6, 6.07) is 13.9. The topological polar surface area (TPSA) is 72.5 Å². The maximum Gasteiger partial charge on any atom is 0.265 e. The van der Waals surface area contributed by atoms with Gasteiger partial charge in [-0.1, -0.05) is 18.2 Å². The lowest BCUT2D eigenvalue weighted by molar-refractivity contribution is 0.0981. The zero-order valence-corrected chi connectivity index (χ0v) is 11.6. The van der Waals surface area contributed by atoms with Crippen molar-refractivity contribution < 1.29 is 17.9 Å². The minimum absolute atomic E-state index is 0.0434. The fourth-order valence-electron chi connectivity index (χ4n) is 1.58. The Balaban J connectivity index is 2.18. The average Bonchev–Trinajstić information content (AvgIpc) is 2.48. The minimum atomic E-state index is -3.85. The molecule has 0 atom stereocenters. The van der Waals surface area contributed by atoms with Crippen LogP contribution in [0.4, 0.5) is 0 Å². The predicted molar refractivity (Wildman–Crippen MR) is 74.1 cm³/mol. The van der Waals surface area contributed by atoms with Crippen LogP contribution < -0.4 is 9.46 Å². The normalized spacial score (nSPS) is 10.8. The second-order valence-electron chi connectivity index (χ2n) is 3.98. The molecule has 0 fully saturated rings. The highest BCUT2D eigenvalue weighted by Crippen LogP contribution is 2.13. The molecular formula is C14H13NO4S. The molecule has 6 heteroatoms. The SMILES string of the molecule is COc1ccc(C(=O)NS(=O)(=O)c2ccccc2)cc1. The van der Waals surface area contributed by atoms with Crippen LogP contribution in [0.2, 0.25) is 0 Å². The molecule has 0 aliphatic rings. The molecule has 0 aromatic heterocycles. The van der Waals surface area contributed by atoms with Crippen LogP contribution in [-0.2, 0) is 10.0 Å². The van der Waals surface area contributed by atoms with E-state index in [0.717, 1.165) is 0 Å². The van der Waals surface area contributed by atoms with Crippen LogP contribution in [-0.4, -0.2) is 21.4 Å². The maximum atomic E-state index is 12.0. The molecule has 0 saturated carbocycles. The number of carbonyl (C=O) groups is 1. The van der Waals surface area contributed by atoms with Crippen LogP contribution in [0.15, 0.2) is 59.5 Å². The first-order valence-corrected chi connectivity index (χ1v) is 7.27. The molecule has 0 aliphatic heterocycles. The van der Waals surface area contributed by atoms with Crippen LogP contribution in [0.5, 0.6) is 5.75 Å². The summed E-state index contributed by atoms with van der Waals surface area (Å²) in [6.07, 6.45) is 0. The zero-order valence-electron chi connectivity index (χ0n) is 10.7. The number of sulfonamides is 1. The monoisotopic (exact) mass is 291 g/mol. The highest BCUT2D eigenvalue weighted by atomic mass is 32.2. The Morgan fingerprint density at radius 1 is 1.00 bits per heavy atom. The Bertz CT molecular complexity index is 694. The number of hydrogen-bond donors (Lipinski definition) is 1. The van der Waals surface area contributed by atoms with Gasteiger partial charge in [-0.3, -0.25) is 4.79 Å². The van der Waals surface area contributed by atoms with Crippen molar-refractivity contribution in [3.8, 4) is 5.75 Å². The van der Waals surface area contributed by atoms with Gasteiger partial charge in [0.1, 0.15) is 5.75 Å². The van der Waals surface area contributed by atoms with Crippen molar-refractivity contribution in [1.29, 1.82) is 0 Å². The van der Waals surface area contributed by atoms with E-state index in [1.165, 1.54) is 31.4 Å². The standard InChI is InChI=1S/C14H13NO4S/c1-19-12-9-7-11(8-10-12)14(16)15-20(17,18)13-5-3-2-4-6-13/h2-10H,1H3,(H,15,16). The van der Waals surface area contributed by atoms with Crippen molar-refractivity contribution in [2.75, 3.05) is 7.11 Å². The number of amides is 1. The summed E-state index contributed by atoms with van der Waals surface area (Å²) in [5.41, 5.74) is 0.241. The third kappa shape index (κ3) is 3.16. The summed E-state index contributed by atoms with van der Waals surface area (Å²) in [5, 5.41) is 0. The fraction of sp³-hybridized carbons (Fsp3) is 0.0714. The van der Waals surface area contributed by atoms with Gasteiger partial charge >= 0.3 is 0 Å². The second-order valence-corrected chi connectivity index (χ2v) is 5.66. The van der Waals surface area contributed by atoms with E-state index in [1.807, 2.05) is 4.72 Å². The molecule has 0 bridgehead atoms. The maximum absolute atomic E-state index is 12.0. The first-order chi connectivity index (χ1) is 9.53. The van der Waals surface area contributed by atoms with Crippen LogP contribution in [0.1, 0.15) is 10.4 Å². The first-order valence-electron chi connectivity index (χ1n) is 5.79. The lowest BCUT2D eigenvalue weighted by atomic mass is 10.2.